The molecule has 2 aromatic carbocycles. The van der Waals surface area contributed by atoms with E-state index in [-0.39, 0.29) is 41.6 Å². The van der Waals surface area contributed by atoms with Gasteiger partial charge in [0.15, 0.2) is 11.5 Å². The fourth-order valence-corrected chi connectivity index (χ4v) is 4.97. The third-order valence-corrected chi connectivity index (χ3v) is 8.02. The number of nitrogens with two attached hydrogens (primary N) is 1. The molecule has 35 heavy (non-hydrogen) atoms. The van der Waals surface area contributed by atoms with E-state index in [0.29, 0.717) is 17.8 Å². The van der Waals surface area contributed by atoms with E-state index >= 15 is 0 Å². The molecule has 188 valence electrons. The Morgan fingerprint density at radius 1 is 1.17 bits per heavy atom. The van der Waals surface area contributed by atoms with Gasteiger partial charge < -0.3 is 15.5 Å². The van der Waals surface area contributed by atoms with Crippen molar-refractivity contribution in [2.45, 2.75) is 30.5 Å². The first-order valence-electron chi connectivity index (χ1n) is 10.6. The van der Waals surface area contributed by atoms with Gasteiger partial charge in [-0.15, -0.1) is 10.2 Å². The minimum atomic E-state index is -3.05. The van der Waals surface area contributed by atoms with Crippen molar-refractivity contribution in [3.8, 4) is 34.3 Å². The summed E-state index contributed by atoms with van der Waals surface area (Å²) in [6.07, 6.45) is 1.45. The molecule has 9 nitrogen and oxygen atoms in total. The highest BCUT2D eigenvalue weighted by molar-refractivity contribution is 8.24. The van der Waals surface area contributed by atoms with Crippen molar-refractivity contribution in [1.29, 1.82) is 0 Å². The van der Waals surface area contributed by atoms with E-state index in [9.17, 15) is 13.5 Å². The largest absolute Gasteiger partial charge is 0.414 e. The first-order valence-corrected chi connectivity index (χ1v) is 12.6. The van der Waals surface area contributed by atoms with Crippen molar-refractivity contribution in [3.05, 3.63) is 59.0 Å². The summed E-state index contributed by atoms with van der Waals surface area (Å²) in [7, 11) is -1.28. The summed E-state index contributed by atoms with van der Waals surface area (Å²) in [5.74, 6) is -0.498. The lowest BCUT2D eigenvalue weighted by atomic mass is 10.1. The Hall–Kier alpha value is -3.09. The Morgan fingerprint density at radius 2 is 1.91 bits per heavy atom. The van der Waals surface area contributed by atoms with E-state index in [1.165, 1.54) is 12.3 Å². The van der Waals surface area contributed by atoms with E-state index in [0.717, 1.165) is 5.56 Å². The van der Waals surface area contributed by atoms with Crippen molar-refractivity contribution < 1.29 is 20.8 Å². The van der Waals surface area contributed by atoms with Gasteiger partial charge in [-0.05, 0) is 50.7 Å². The molecular weight excluding hydrogens is 495 g/mol. The second kappa shape index (κ2) is 9.88. The summed E-state index contributed by atoms with van der Waals surface area (Å²) in [6, 6.07) is 9.50. The Labute approximate surface area is 210 Å². The summed E-state index contributed by atoms with van der Waals surface area (Å²) in [4.78, 5) is 8.90. The molecule has 2 heterocycles. The maximum absolute atomic E-state index is 14.6. The molecular formula is C23H28ClFN6O3S. The number of nitrogens with zero attached hydrogens (tertiary/aromatic N) is 4. The van der Waals surface area contributed by atoms with Crippen molar-refractivity contribution in [3.63, 3.8) is 0 Å². The lowest BCUT2D eigenvalue weighted by molar-refractivity contribution is 0.476. The number of aromatic nitrogens is 4. The summed E-state index contributed by atoms with van der Waals surface area (Å²) in [5, 5.41) is 10.7. The van der Waals surface area contributed by atoms with Crippen LogP contribution in [-0.4, -0.2) is 41.6 Å². The Morgan fingerprint density at radius 3 is 2.57 bits per heavy atom. The lowest BCUT2D eigenvalue weighted by Gasteiger charge is -2.37. The fourth-order valence-electron chi connectivity index (χ4n) is 3.33. The van der Waals surface area contributed by atoms with Crippen molar-refractivity contribution >= 4 is 28.0 Å². The Kier molecular flexibility index (Phi) is 7.06. The first-order chi connectivity index (χ1) is 16.6. The minimum Gasteiger partial charge on any atom is -0.414 e. The number of benzene rings is 2. The standard InChI is InChI=1S/C23H24ClFN6O3S.2H2/c1-12(2)35(32,33)19-7-5-14(9-16(19)24)18-11-28-21(26)20(29-18)23-31-30-22(34-23)15-6-4-13(10-27-3)8-17(15)25;;/h4-9,11-12,27,32-33H,10H2,1-3H3,(H2,26,28);2*1H. The SMILES string of the molecule is CNCc1ccc(-c2nnc(-c3nc(-c4ccc(S(O)(O)C(C)C)c(Cl)c4)cnc3N)o2)c(F)c1.[HH].[HH]. The molecule has 0 fully saturated rings. The van der Waals surface area contributed by atoms with Gasteiger partial charge >= 0.3 is 0 Å². The number of anilines is 1. The third kappa shape index (κ3) is 5.00. The van der Waals surface area contributed by atoms with Crippen LogP contribution in [-0.2, 0) is 6.54 Å². The average Bonchev–Trinajstić information content (AvgIpc) is 3.29. The van der Waals surface area contributed by atoms with E-state index in [1.807, 2.05) is 0 Å². The van der Waals surface area contributed by atoms with Crippen LogP contribution >= 0.6 is 22.2 Å². The highest BCUT2D eigenvalue weighted by Gasteiger charge is 2.24. The van der Waals surface area contributed by atoms with Crippen LogP contribution in [0.5, 0.6) is 0 Å². The molecule has 4 rings (SSSR count). The molecule has 2 aromatic heterocycles. The van der Waals surface area contributed by atoms with Crippen molar-refractivity contribution in [2.24, 2.45) is 0 Å². The smallest absolute Gasteiger partial charge is 0.270 e. The van der Waals surface area contributed by atoms with Crippen LogP contribution in [0.3, 0.4) is 0 Å². The molecule has 0 spiro atoms. The van der Waals surface area contributed by atoms with Crippen LogP contribution in [0.4, 0.5) is 10.2 Å². The maximum atomic E-state index is 14.6. The number of rotatable bonds is 7. The zero-order chi connectivity index (χ0) is 25.3. The first kappa shape index (κ1) is 25.0. The van der Waals surface area contributed by atoms with Gasteiger partial charge in [-0.2, -0.15) is 10.6 Å². The molecule has 0 atom stereocenters. The van der Waals surface area contributed by atoms with Gasteiger partial charge in [-0.3, -0.25) is 9.11 Å². The van der Waals surface area contributed by atoms with Gasteiger partial charge in [-0.1, -0.05) is 23.7 Å². The van der Waals surface area contributed by atoms with Gasteiger partial charge in [0, 0.05) is 20.2 Å². The molecule has 0 aliphatic carbocycles. The van der Waals surface area contributed by atoms with Crippen molar-refractivity contribution in [1.82, 2.24) is 25.5 Å². The number of halogens is 2. The predicted molar refractivity (Wildman–Crippen MR) is 139 cm³/mol. The minimum absolute atomic E-state index is 0. The molecule has 4 aromatic rings. The molecule has 0 aliphatic rings. The summed E-state index contributed by atoms with van der Waals surface area (Å²) in [6.45, 7) is 3.93. The third-order valence-electron chi connectivity index (χ3n) is 5.28. The molecule has 0 saturated heterocycles. The van der Waals surface area contributed by atoms with Crippen LogP contribution in [0, 0.1) is 5.82 Å². The Balaban J connectivity index is 0.00000241. The zero-order valence-corrected chi connectivity index (χ0v) is 20.7. The quantitative estimate of drug-likeness (QED) is 0.231. The zero-order valence-electron chi connectivity index (χ0n) is 19.2. The lowest BCUT2D eigenvalue weighted by Crippen LogP contribution is -2.11. The number of nitrogens with one attached hydrogen (secondary N) is 1. The monoisotopic (exact) mass is 522 g/mol. The van der Waals surface area contributed by atoms with Gasteiger partial charge in [0.05, 0.1) is 27.4 Å². The topological polar surface area (TPSA) is 143 Å². The van der Waals surface area contributed by atoms with Crippen LogP contribution in [0.25, 0.3) is 34.3 Å². The molecule has 0 bridgehead atoms. The summed E-state index contributed by atoms with van der Waals surface area (Å²) < 4.78 is 41.1. The van der Waals surface area contributed by atoms with E-state index in [4.69, 9.17) is 21.8 Å². The fraction of sp³-hybridized carbons (Fsp3) is 0.217. The second-order valence-electron chi connectivity index (χ2n) is 8.03. The van der Waals surface area contributed by atoms with Crippen LogP contribution in [0.1, 0.15) is 22.3 Å². The second-order valence-corrected chi connectivity index (χ2v) is 11.0. The van der Waals surface area contributed by atoms with Gasteiger partial charge in [0.2, 0.25) is 0 Å². The molecule has 5 N–H and O–H groups in total. The molecule has 0 aliphatic heterocycles. The maximum Gasteiger partial charge on any atom is 0.270 e. The summed E-state index contributed by atoms with van der Waals surface area (Å²) in [5.41, 5.74) is 8.01. The molecule has 0 amide bonds. The van der Waals surface area contributed by atoms with E-state index < -0.39 is 21.7 Å². The van der Waals surface area contributed by atoms with Crippen LogP contribution in [0.15, 0.2) is 51.9 Å². The normalized spacial score (nSPS) is 12.3. The molecule has 0 radical (unpaired) electrons. The predicted octanol–water partition coefficient (Wildman–Crippen LogP) is 5.96. The van der Waals surface area contributed by atoms with E-state index in [1.54, 1.807) is 51.2 Å². The highest BCUT2D eigenvalue weighted by Crippen LogP contribution is 2.55. The van der Waals surface area contributed by atoms with Gasteiger partial charge in [0.25, 0.3) is 11.8 Å². The van der Waals surface area contributed by atoms with Gasteiger partial charge in [-0.25, -0.2) is 14.4 Å². The highest BCUT2D eigenvalue weighted by atomic mass is 35.5. The Bertz CT molecular complexity index is 1390. The van der Waals surface area contributed by atoms with Crippen LogP contribution < -0.4 is 11.1 Å². The average molecular weight is 523 g/mol. The van der Waals surface area contributed by atoms with Crippen LogP contribution in [0.2, 0.25) is 5.02 Å². The number of hydrogen-bond acceptors (Lipinski definition) is 9. The molecule has 0 unspecified atom stereocenters. The number of hydrogen-bond donors (Lipinski definition) is 4. The molecule has 12 heteroatoms. The van der Waals surface area contributed by atoms with Crippen molar-refractivity contribution in [2.75, 3.05) is 12.8 Å². The number of nitrogen functional groups attached to an aromatic ring is 1. The molecule has 0 saturated carbocycles. The van der Waals surface area contributed by atoms with Gasteiger partial charge in [0.1, 0.15) is 5.82 Å². The van der Waals surface area contributed by atoms with E-state index in [2.05, 4.69) is 25.5 Å². The summed E-state index contributed by atoms with van der Waals surface area (Å²) >= 11 is 6.36.